The summed E-state index contributed by atoms with van der Waals surface area (Å²) < 4.78 is 42.2. The molecule has 0 unspecified atom stereocenters. The predicted molar refractivity (Wildman–Crippen MR) is 97.6 cm³/mol. The molecule has 0 aliphatic rings. The number of hydrogen-bond acceptors (Lipinski definition) is 4. The van der Waals surface area contributed by atoms with Crippen molar-refractivity contribution in [1.82, 2.24) is 15.0 Å². The molecule has 7 heteroatoms. The molecule has 0 aliphatic carbocycles. The quantitative estimate of drug-likeness (QED) is 0.509. The van der Waals surface area contributed by atoms with Crippen molar-refractivity contribution in [3.8, 4) is 22.6 Å². The summed E-state index contributed by atoms with van der Waals surface area (Å²) >= 11 is 0. The van der Waals surface area contributed by atoms with Crippen LogP contribution in [0.15, 0.2) is 67.1 Å². The summed E-state index contributed by atoms with van der Waals surface area (Å²) in [6, 6.07) is 14.5. The van der Waals surface area contributed by atoms with Crippen LogP contribution < -0.4 is 5.73 Å². The lowest BCUT2D eigenvalue weighted by Crippen LogP contribution is -2.12. The van der Waals surface area contributed by atoms with Crippen LogP contribution in [0.2, 0.25) is 0 Å². The highest BCUT2D eigenvalue weighted by Gasteiger charge is 2.38. The van der Waals surface area contributed by atoms with Crippen molar-refractivity contribution in [2.75, 3.05) is 5.73 Å². The van der Waals surface area contributed by atoms with Gasteiger partial charge < -0.3 is 5.73 Å². The Morgan fingerprint density at radius 2 is 1.63 bits per heavy atom. The van der Waals surface area contributed by atoms with Crippen molar-refractivity contribution in [1.29, 1.82) is 0 Å². The van der Waals surface area contributed by atoms with Gasteiger partial charge in [-0.15, -0.1) is 0 Å². The van der Waals surface area contributed by atoms with Gasteiger partial charge in [-0.3, -0.25) is 0 Å². The summed E-state index contributed by atoms with van der Waals surface area (Å²) in [7, 11) is 0. The number of nitrogen functional groups attached to an aromatic ring is 1. The van der Waals surface area contributed by atoms with E-state index in [0.717, 1.165) is 0 Å². The van der Waals surface area contributed by atoms with E-state index in [1.54, 1.807) is 48.5 Å². The van der Waals surface area contributed by atoms with E-state index in [4.69, 9.17) is 5.73 Å². The summed E-state index contributed by atoms with van der Waals surface area (Å²) in [5.41, 5.74) is 6.10. The smallest absolute Gasteiger partial charge is 0.398 e. The Balaban J connectivity index is 2.20. The van der Waals surface area contributed by atoms with Crippen molar-refractivity contribution in [3.05, 3.63) is 72.7 Å². The number of nitrogens with zero attached hydrogens (tertiary/aromatic N) is 3. The van der Waals surface area contributed by atoms with Crippen LogP contribution in [-0.2, 0) is 6.18 Å². The topological polar surface area (TPSA) is 64.7 Å². The van der Waals surface area contributed by atoms with Gasteiger partial charge in [0.1, 0.15) is 6.33 Å². The second-order valence-electron chi connectivity index (χ2n) is 5.91. The fourth-order valence-corrected chi connectivity index (χ4v) is 3.10. The number of alkyl halides is 3. The summed E-state index contributed by atoms with van der Waals surface area (Å²) in [4.78, 5) is 12.4. The molecule has 2 aromatic carbocycles. The number of pyridine rings is 1. The fraction of sp³-hybridized carbons (Fsp3) is 0.0500. The summed E-state index contributed by atoms with van der Waals surface area (Å²) in [6.07, 6.45) is -1.78. The number of benzene rings is 2. The van der Waals surface area contributed by atoms with Gasteiger partial charge in [0.25, 0.3) is 0 Å². The first kappa shape index (κ1) is 17.0. The minimum Gasteiger partial charge on any atom is -0.398 e. The van der Waals surface area contributed by atoms with E-state index in [1.165, 1.54) is 18.6 Å². The molecule has 0 amide bonds. The Hall–Kier alpha value is -3.48. The molecule has 0 bridgehead atoms. The Morgan fingerprint density at radius 1 is 0.852 bits per heavy atom. The molecule has 2 heterocycles. The molecule has 0 radical (unpaired) electrons. The number of rotatable bonds is 2. The van der Waals surface area contributed by atoms with E-state index in [0.29, 0.717) is 22.3 Å². The van der Waals surface area contributed by atoms with E-state index in [9.17, 15) is 13.2 Å². The van der Waals surface area contributed by atoms with Crippen LogP contribution in [0, 0.1) is 0 Å². The van der Waals surface area contributed by atoms with E-state index in [-0.39, 0.29) is 16.8 Å². The molecule has 2 aromatic heterocycles. The maximum absolute atomic E-state index is 14.1. The van der Waals surface area contributed by atoms with Gasteiger partial charge in [0.15, 0.2) is 0 Å². The number of fused-ring (bicyclic) bond motifs is 1. The van der Waals surface area contributed by atoms with E-state index < -0.39 is 11.7 Å². The van der Waals surface area contributed by atoms with Gasteiger partial charge in [-0.1, -0.05) is 42.5 Å². The number of aromatic nitrogens is 3. The third-order valence-electron chi connectivity index (χ3n) is 4.22. The number of anilines is 1. The van der Waals surface area contributed by atoms with Gasteiger partial charge in [0, 0.05) is 28.2 Å². The maximum atomic E-state index is 14.1. The minimum absolute atomic E-state index is 0.0368. The van der Waals surface area contributed by atoms with E-state index >= 15 is 0 Å². The zero-order valence-electron chi connectivity index (χ0n) is 13.9. The Labute approximate surface area is 152 Å². The van der Waals surface area contributed by atoms with Gasteiger partial charge in [-0.25, -0.2) is 15.0 Å². The highest BCUT2D eigenvalue weighted by Crippen LogP contribution is 2.44. The summed E-state index contributed by atoms with van der Waals surface area (Å²) in [6.45, 7) is 0. The van der Waals surface area contributed by atoms with Gasteiger partial charge in [-0.05, 0) is 12.1 Å². The SMILES string of the molecule is Nc1cccc2c(-c3ccncn3)nc(-c3ccccc3)c(C(F)(F)F)c12. The molecule has 0 fully saturated rings. The van der Waals surface area contributed by atoms with Gasteiger partial charge in [0.05, 0.1) is 22.6 Å². The lowest BCUT2D eigenvalue weighted by Gasteiger charge is -2.19. The second-order valence-corrected chi connectivity index (χ2v) is 5.91. The van der Waals surface area contributed by atoms with Crippen LogP contribution in [0.5, 0.6) is 0 Å². The lowest BCUT2D eigenvalue weighted by atomic mass is 9.95. The number of halogens is 3. The third kappa shape index (κ3) is 2.97. The number of nitrogens with two attached hydrogens (primary N) is 1. The lowest BCUT2D eigenvalue weighted by molar-refractivity contribution is -0.135. The van der Waals surface area contributed by atoms with E-state index in [2.05, 4.69) is 15.0 Å². The molecule has 4 aromatic rings. The van der Waals surface area contributed by atoms with Crippen molar-refractivity contribution >= 4 is 16.5 Å². The first-order valence-electron chi connectivity index (χ1n) is 8.08. The Kier molecular flexibility index (Phi) is 3.99. The Morgan fingerprint density at radius 3 is 2.30 bits per heavy atom. The van der Waals surface area contributed by atoms with Crippen LogP contribution >= 0.6 is 0 Å². The first-order chi connectivity index (χ1) is 13.0. The molecule has 134 valence electrons. The Bertz CT molecular complexity index is 1110. The van der Waals surface area contributed by atoms with Gasteiger partial charge in [0.2, 0.25) is 0 Å². The molecule has 27 heavy (non-hydrogen) atoms. The zero-order valence-corrected chi connectivity index (χ0v) is 13.9. The molecule has 0 saturated carbocycles. The standard InChI is InChI=1S/C20H13F3N4/c21-20(22,23)17-16-13(7-4-8-14(16)24)19(15-9-10-25-11-26-15)27-18(17)12-5-2-1-3-6-12/h1-11H,24H2. The summed E-state index contributed by atoms with van der Waals surface area (Å²) in [5, 5.41) is 0.216. The van der Waals surface area contributed by atoms with Crippen molar-refractivity contribution < 1.29 is 13.2 Å². The fourth-order valence-electron chi connectivity index (χ4n) is 3.10. The highest BCUT2D eigenvalue weighted by molar-refractivity contribution is 6.05. The normalized spacial score (nSPS) is 11.7. The summed E-state index contributed by atoms with van der Waals surface area (Å²) in [5.74, 6) is 0. The second kappa shape index (κ2) is 6.35. The zero-order chi connectivity index (χ0) is 19.0. The molecule has 2 N–H and O–H groups in total. The number of hydrogen-bond donors (Lipinski definition) is 1. The van der Waals surface area contributed by atoms with Gasteiger partial charge in [-0.2, -0.15) is 13.2 Å². The van der Waals surface area contributed by atoms with Crippen molar-refractivity contribution in [2.24, 2.45) is 0 Å². The van der Waals surface area contributed by atoms with E-state index in [1.807, 2.05) is 0 Å². The van der Waals surface area contributed by atoms with Crippen LogP contribution in [-0.4, -0.2) is 15.0 Å². The molecular formula is C20H13F3N4. The van der Waals surface area contributed by atoms with Crippen LogP contribution in [0.25, 0.3) is 33.4 Å². The molecule has 4 nitrogen and oxygen atoms in total. The minimum atomic E-state index is -4.63. The van der Waals surface area contributed by atoms with Gasteiger partial charge >= 0.3 is 6.18 Å². The average molecular weight is 366 g/mol. The molecule has 0 aliphatic heterocycles. The largest absolute Gasteiger partial charge is 0.419 e. The highest BCUT2D eigenvalue weighted by atomic mass is 19.4. The monoisotopic (exact) mass is 366 g/mol. The van der Waals surface area contributed by atoms with Crippen LogP contribution in [0.3, 0.4) is 0 Å². The molecule has 4 rings (SSSR count). The average Bonchev–Trinajstić information content (AvgIpc) is 2.68. The maximum Gasteiger partial charge on any atom is 0.419 e. The molecular weight excluding hydrogens is 353 g/mol. The van der Waals surface area contributed by atoms with Crippen molar-refractivity contribution in [3.63, 3.8) is 0 Å². The first-order valence-corrected chi connectivity index (χ1v) is 8.08. The van der Waals surface area contributed by atoms with Crippen LogP contribution in [0.4, 0.5) is 18.9 Å². The molecule has 0 atom stereocenters. The molecule has 0 spiro atoms. The van der Waals surface area contributed by atoms with Crippen LogP contribution in [0.1, 0.15) is 5.56 Å². The third-order valence-corrected chi connectivity index (χ3v) is 4.22. The predicted octanol–water partition coefficient (Wildman–Crippen LogP) is 4.96. The molecule has 0 saturated heterocycles. The van der Waals surface area contributed by atoms with Crippen molar-refractivity contribution in [2.45, 2.75) is 6.18 Å².